The van der Waals surface area contributed by atoms with Gasteiger partial charge in [0.1, 0.15) is 11.5 Å². The van der Waals surface area contributed by atoms with Gasteiger partial charge < -0.3 is 0 Å². The summed E-state index contributed by atoms with van der Waals surface area (Å²) in [5.74, 6) is -0.817. The largest absolute Gasteiger partial charge is 0.433 e. The van der Waals surface area contributed by atoms with Crippen LogP contribution in [0.1, 0.15) is 41.3 Å². The van der Waals surface area contributed by atoms with Gasteiger partial charge in [-0.3, -0.25) is 15.4 Å². The van der Waals surface area contributed by atoms with Crippen LogP contribution in [-0.4, -0.2) is 35.2 Å². The van der Waals surface area contributed by atoms with Crippen LogP contribution in [0, 0.1) is 5.41 Å². The second-order valence-electron chi connectivity index (χ2n) is 8.40. The van der Waals surface area contributed by atoms with Crippen molar-refractivity contribution < 1.29 is 34.8 Å². The van der Waals surface area contributed by atoms with E-state index in [-0.39, 0.29) is 17.9 Å². The van der Waals surface area contributed by atoms with Gasteiger partial charge in [0.2, 0.25) is 0 Å². The van der Waals surface area contributed by atoms with E-state index in [9.17, 15) is 34.8 Å². The molecule has 2 atom stereocenters. The van der Waals surface area contributed by atoms with E-state index in [0.29, 0.717) is 17.7 Å². The fourth-order valence-electron chi connectivity index (χ4n) is 4.25. The Balaban J connectivity index is 1.87. The predicted octanol–water partition coefficient (Wildman–Crippen LogP) is 5.86. The highest BCUT2D eigenvalue weighted by molar-refractivity contribution is 7.89. The van der Waals surface area contributed by atoms with Crippen molar-refractivity contribution in [1.29, 1.82) is 5.41 Å². The minimum absolute atomic E-state index is 0.0229. The van der Waals surface area contributed by atoms with E-state index >= 15 is 0 Å². The Morgan fingerprint density at radius 1 is 0.892 bits per heavy atom. The number of sulfonamides is 1. The van der Waals surface area contributed by atoms with E-state index in [1.54, 1.807) is 30.3 Å². The average molecular weight is 543 g/mol. The Bertz CT molecular complexity index is 1380. The maximum absolute atomic E-state index is 13.8. The number of aromatic nitrogens is 1. The van der Waals surface area contributed by atoms with Crippen LogP contribution in [0.25, 0.3) is 0 Å². The summed E-state index contributed by atoms with van der Waals surface area (Å²) < 4.78 is 107. The third-order valence-corrected chi connectivity index (χ3v) is 7.77. The van der Waals surface area contributed by atoms with Crippen LogP contribution < -0.4 is 0 Å². The summed E-state index contributed by atoms with van der Waals surface area (Å²) in [6.07, 6.45) is -8.46. The molecule has 2 heterocycles. The van der Waals surface area contributed by atoms with Crippen molar-refractivity contribution in [3.63, 3.8) is 0 Å². The molecule has 1 fully saturated rings. The Morgan fingerprint density at radius 2 is 1.51 bits per heavy atom. The predicted molar refractivity (Wildman–Crippen MR) is 122 cm³/mol. The molecule has 0 spiro atoms. The van der Waals surface area contributed by atoms with E-state index in [1.807, 2.05) is 0 Å². The first kappa shape index (κ1) is 26.6. The molecule has 1 N–H and O–H groups in total. The Morgan fingerprint density at radius 3 is 2.00 bits per heavy atom. The molecular formula is C24H20F6N4O2S. The van der Waals surface area contributed by atoms with Crippen molar-refractivity contribution >= 4 is 15.9 Å². The third kappa shape index (κ3) is 5.18. The number of alkyl halides is 6. The van der Waals surface area contributed by atoms with Gasteiger partial charge in [-0.05, 0) is 48.4 Å². The fraction of sp³-hybridized carbons (Fsp3) is 0.250. The number of rotatable bonds is 4. The van der Waals surface area contributed by atoms with Crippen molar-refractivity contribution in [3.8, 4) is 0 Å². The van der Waals surface area contributed by atoms with Gasteiger partial charge >= 0.3 is 12.4 Å². The molecule has 0 bridgehead atoms. The van der Waals surface area contributed by atoms with E-state index in [4.69, 9.17) is 5.41 Å². The summed E-state index contributed by atoms with van der Waals surface area (Å²) in [4.78, 5) is 3.01. The number of nitrogens with zero attached hydrogens (tertiary/aromatic N) is 3. The molecule has 1 unspecified atom stereocenters. The molecule has 1 aliphatic heterocycles. The van der Waals surface area contributed by atoms with Crippen molar-refractivity contribution in [2.45, 2.75) is 36.1 Å². The molecule has 1 aliphatic rings. The smallest absolute Gasteiger partial charge is 0.288 e. The highest BCUT2D eigenvalue weighted by atomic mass is 32.2. The number of amidine groups is 1. The van der Waals surface area contributed by atoms with Crippen molar-refractivity contribution in [2.75, 3.05) is 6.54 Å². The molecular weight excluding hydrogens is 522 g/mol. The molecule has 4 rings (SSSR count). The van der Waals surface area contributed by atoms with Gasteiger partial charge in [-0.1, -0.05) is 36.4 Å². The number of hydrogen-bond donors (Lipinski definition) is 1. The van der Waals surface area contributed by atoms with Crippen LogP contribution in [0.2, 0.25) is 0 Å². The maximum Gasteiger partial charge on any atom is 0.433 e. The molecule has 1 saturated heterocycles. The van der Waals surface area contributed by atoms with Gasteiger partial charge in [-0.25, -0.2) is 8.42 Å². The van der Waals surface area contributed by atoms with Crippen LogP contribution in [-0.2, 0) is 22.4 Å². The number of hydrazine groups is 1. The summed E-state index contributed by atoms with van der Waals surface area (Å²) in [7, 11) is -4.57. The van der Waals surface area contributed by atoms with E-state index in [2.05, 4.69) is 4.98 Å². The first-order chi connectivity index (χ1) is 17.2. The zero-order chi connectivity index (χ0) is 27.2. The maximum atomic E-state index is 13.8. The Hall–Kier alpha value is -3.45. The van der Waals surface area contributed by atoms with Crippen LogP contribution in [0.3, 0.4) is 0 Å². The van der Waals surface area contributed by atoms with Crippen molar-refractivity contribution in [1.82, 2.24) is 14.4 Å². The highest BCUT2D eigenvalue weighted by Crippen LogP contribution is 2.46. The third-order valence-electron chi connectivity index (χ3n) is 5.99. The van der Waals surface area contributed by atoms with E-state index in [1.165, 1.54) is 6.92 Å². The summed E-state index contributed by atoms with van der Waals surface area (Å²) in [6, 6.07) is 12.2. The van der Waals surface area contributed by atoms with Gasteiger partial charge in [-0.15, -0.1) is 4.41 Å². The van der Waals surface area contributed by atoms with Gasteiger partial charge in [0, 0.05) is 18.7 Å². The van der Waals surface area contributed by atoms with Gasteiger partial charge in [0.15, 0.2) is 0 Å². The number of hydrogen-bond acceptors (Lipinski definition) is 4. The topological polar surface area (TPSA) is 77.4 Å². The molecule has 6 nitrogen and oxygen atoms in total. The fourth-order valence-corrected chi connectivity index (χ4v) is 5.97. The average Bonchev–Trinajstić information content (AvgIpc) is 3.26. The minimum Gasteiger partial charge on any atom is -0.288 e. The summed E-state index contributed by atoms with van der Waals surface area (Å²) in [6.45, 7) is 1.32. The molecule has 1 aromatic heterocycles. The second-order valence-corrected chi connectivity index (χ2v) is 10.2. The normalized spacial score (nSPS) is 19.3. The number of halogens is 6. The summed E-state index contributed by atoms with van der Waals surface area (Å²) in [5, 5.41) is 9.35. The van der Waals surface area contributed by atoms with E-state index in [0.717, 1.165) is 39.9 Å². The lowest BCUT2D eigenvalue weighted by molar-refractivity contribution is -0.141. The second kappa shape index (κ2) is 9.45. The zero-order valence-electron chi connectivity index (χ0n) is 19.1. The Kier molecular flexibility index (Phi) is 6.80. The van der Waals surface area contributed by atoms with Crippen LogP contribution in [0.5, 0.6) is 0 Å². The minimum atomic E-state index is -4.71. The molecule has 196 valence electrons. The van der Waals surface area contributed by atoms with Gasteiger partial charge in [0.05, 0.1) is 16.5 Å². The molecule has 2 aromatic carbocycles. The number of nitrogens with one attached hydrogen (secondary N) is 1. The lowest BCUT2D eigenvalue weighted by Crippen LogP contribution is -2.44. The quantitative estimate of drug-likeness (QED) is 0.255. The molecule has 37 heavy (non-hydrogen) atoms. The highest BCUT2D eigenvalue weighted by Gasteiger charge is 2.49. The van der Waals surface area contributed by atoms with Gasteiger partial charge in [-0.2, -0.15) is 26.3 Å². The first-order valence-electron chi connectivity index (χ1n) is 10.8. The van der Waals surface area contributed by atoms with Gasteiger partial charge in [0.25, 0.3) is 10.0 Å². The Labute approximate surface area is 208 Å². The summed E-state index contributed by atoms with van der Waals surface area (Å²) >= 11 is 0. The van der Waals surface area contributed by atoms with Crippen LogP contribution >= 0.6 is 0 Å². The number of pyridine rings is 1. The number of benzene rings is 2. The van der Waals surface area contributed by atoms with Crippen LogP contribution in [0.15, 0.2) is 77.8 Å². The molecule has 0 radical (unpaired) electrons. The monoisotopic (exact) mass is 542 g/mol. The van der Waals surface area contributed by atoms with Crippen LogP contribution in [0.4, 0.5) is 26.3 Å². The molecule has 0 saturated carbocycles. The molecule has 13 heteroatoms. The standard InChI is InChI=1S/C24H20F6N4O2S/c1-15(31)33-14-20(16-5-3-2-4-6-16)22(17-7-12-21(32-13-17)24(28,29)30)34(33)37(35,36)19-10-8-18(9-11-19)23(25,26)27/h2-13,20,22,31H,14H2,1H3/t20?,22-/m0/s1. The summed E-state index contributed by atoms with van der Waals surface area (Å²) in [5.41, 5.74) is -1.42. The lowest BCUT2D eigenvalue weighted by Gasteiger charge is -2.32. The molecule has 3 aromatic rings. The zero-order valence-corrected chi connectivity index (χ0v) is 19.9. The molecule has 0 amide bonds. The first-order valence-corrected chi connectivity index (χ1v) is 12.3. The SMILES string of the molecule is CC(=N)N1CC(c2ccccc2)[C@H](c2ccc(C(F)(F)F)nc2)N1S(=O)(=O)c1ccc(C(F)(F)F)cc1. The van der Waals surface area contributed by atoms with Crippen molar-refractivity contribution in [3.05, 3.63) is 95.3 Å². The van der Waals surface area contributed by atoms with E-state index < -0.39 is 50.5 Å². The molecule has 0 aliphatic carbocycles. The van der Waals surface area contributed by atoms with Crippen molar-refractivity contribution in [2.24, 2.45) is 0 Å². The lowest BCUT2D eigenvalue weighted by atomic mass is 9.89.